The molecule has 1 atom stereocenters. The van der Waals surface area contributed by atoms with Crippen LogP contribution < -0.4 is 10.6 Å². The topological polar surface area (TPSA) is 67.4 Å². The van der Waals surface area contributed by atoms with E-state index in [2.05, 4.69) is 10.6 Å². The fourth-order valence-electron chi connectivity index (χ4n) is 1.77. The first kappa shape index (κ1) is 17.2. The zero-order valence-electron chi connectivity index (χ0n) is 13.1. The maximum Gasteiger partial charge on any atom is 0.319 e. The van der Waals surface area contributed by atoms with Crippen molar-refractivity contribution in [1.29, 1.82) is 0 Å². The lowest BCUT2D eigenvalue weighted by atomic mass is 10.1. The van der Waals surface area contributed by atoms with Crippen molar-refractivity contribution in [3.63, 3.8) is 0 Å². The molecule has 0 bridgehead atoms. The molecule has 0 aliphatic heterocycles. The average molecular weight is 292 g/mol. The van der Waals surface area contributed by atoms with Crippen molar-refractivity contribution in [2.24, 2.45) is 5.92 Å². The van der Waals surface area contributed by atoms with E-state index in [1.165, 1.54) is 6.92 Å². The summed E-state index contributed by atoms with van der Waals surface area (Å²) >= 11 is 0. The first-order valence-electron chi connectivity index (χ1n) is 7.20. The second-order valence-electron chi connectivity index (χ2n) is 5.24. The quantitative estimate of drug-likeness (QED) is 0.759. The fraction of sp³-hybridized carbons (Fsp3) is 0.500. The second kappa shape index (κ2) is 8.42. The third-order valence-corrected chi connectivity index (χ3v) is 3.17. The van der Waals surface area contributed by atoms with Gasteiger partial charge in [-0.3, -0.25) is 4.79 Å². The summed E-state index contributed by atoms with van der Waals surface area (Å²) in [5.41, 5.74) is 1.27. The van der Waals surface area contributed by atoms with Crippen LogP contribution in [0, 0.1) is 5.92 Å². The highest BCUT2D eigenvalue weighted by molar-refractivity contribution is 5.95. The highest BCUT2D eigenvalue weighted by Crippen LogP contribution is 2.10. The summed E-state index contributed by atoms with van der Waals surface area (Å²) in [4.78, 5) is 23.2. The van der Waals surface area contributed by atoms with Crippen molar-refractivity contribution < 1.29 is 14.3 Å². The van der Waals surface area contributed by atoms with Gasteiger partial charge in [0.1, 0.15) is 0 Å². The Bertz CT molecular complexity index is 469. The molecule has 0 saturated carbocycles. The number of rotatable bonds is 7. The van der Waals surface area contributed by atoms with Crippen LogP contribution in [0.4, 0.5) is 10.5 Å². The third kappa shape index (κ3) is 5.95. The highest BCUT2D eigenvalue weighted by Gasteiger charge is 2.16. The first-order chi connectivity index (χ1) is 9.93. The summed E-state index contributed by atoms with van der Waals surface area (Å²) in [5, 5.41) is 5.65. The summed E-state index contributed by atoms with van der Waals surface area (Å²) < 4.78 is 5.37. The Hall–Kier alpha value is -1.88. The van der Waals surface area contributed by atoms with E-state index in [1.54, 1.807) is 24.3 Å². The highest BCUT2D eigenvalue weighted by atomic mass is 16.5. The molecule has 116 valence electrons. The molecule has 1 rings (SSSR count). The number of amides is 2. The molecule has 1 aromatic rings. The minimum Gasteiger partial charge on any atom is -0.380 e. The number of ketones is 1. The molecule has 5 nitrogen and oxygen atoms in total. The first-order valence-corrected chi connectivity index (χ1v) is 7.20. The van der Waals surface area contributed by atoms with E-state index in [0.29, 0.717) is 24.5 Å². The Morgan fingerprint density at radius 3 is 2.29 bits per heavy atom. The average Bonchev–Trinajstić information content (AvgIpc) is 2.43. The Morgan fingerprint density at radius 2 is 1.81 bits per heavy atom. The van der Waals surface area contributed by atoms with Crippen LogP contribution in [0.5, 0.6) is 0 Å². The lowest BCUT2D eigenvalue weighted by Gasteiger charge is -2.22. The van der Waals surface area contributed by atoms with Gasteiger partial charge in [0.05, 0.1) is 12.6 Å². The molecule has 0 saturated heterocycles. The molecule has 1 aromatic carbocycles. The van der Waals surface area contributed by atoms with Crippen LogP contribution in [-0.2, 0) is 4.74 Å². The van der Waals surface area contributed by atoms with Gasteiger partial charge >= 0.3 is 6.03 Å². The Morgan fingerprint density at radius 1 is 1.19 bits per heavy atom. The fourth-order valence-corrected chi connectivity index (χ4v) is 1.77. The van der Waals surface area contributed by atoms with E-state index in [-0.39, 0.29) is 23.8 Å². The monoisotopic (exact) mass is 292 g/mol. The third-order valence-electron chi connectivity index (χ3n) is 3.17. The Labute approximate surface area is 126 Å². The standard InChI is InChI=1S/C16H24N2O3/c1-5-21-10-15(11(2)3)18-16(20)17-14-8-6-13(7-9-14)12(4)19/h6-9,11,15H,5,10H2,1-4H3,(H2,17,18,20). The van der Waals surface area contributed by atoms with Crippen LogP contribution in [0.1, 0.15) is 38.1 Å². The van der Waals surface area contributed by atoms with E-state index in [0.717, 1.165) is 0 Å². The molecular weight excluding hydrogens is 268 g/mol. The van der Waals surface area contributed by atoms with Gasteiger partial charge in [0.2, 0.25) is 0 Å². The van der Waals surface area contributed by atoms with Gasteiger partial charge < -0.3 is 15.4 Å². The number of nitrogens with one attached hydrogen (secondary N) is 2. The van der Waals surface area contributed by atoms with Crippen LogP contribution in [-0.4, -0.2) is 31.1 Å². The van der Waals surface area contributed by atoms with Gasteiger partial charge in [-0.15, -0.1) is 0 Å². The molecule has 0 fully saturated rings. The lowest BCUT2D eigenvalue weighted by molar-refractivity contribution is 0.101. The summed E-state index contributed by atoms with van der Waals surface area (Å²) in [6.07, 6.45) is 0. The Balaban J connectivity index is 2.57. The number of ether oxygens (including phenoxy) is 1. The number of urea groups is 1. The SMILES string of the molecule is CCOCC(NC(=O)Nc1ccc(C(C)=O)cc1)C(C)C. The predicted octanol–water partition coefficient (Wildman–Crippen LogP) is 3.07. The van der Waals surface area contributed by atoms with Gasteiger partial charge in [0, 0.05) is 17.9 Å². The van der Waals surface area contributed by atoms with E-state index in [1.807, 2.05) is 20.8 Å². The normalized spacial score (nSPS) is 12.0. The summed E-state index contributed by atoms with van der Waals surface area (Å²) in [5.74, 6) is 0.282. The molecule has 0 aliphatic rings. The second-order valence-corrected chi connectivity index (χ2v) is 5.24. The van der Waals surface area contributed by atoms with Crippen molar-refractivity contribution in [1.82, 2.24) is 5.32 Å². The van der Waals surface area contributed by atoms with Crippen LogP contribution >= 0.6 is 0 Å². The largest absolute Gasteiger partial charge is 0.380 e. The predicted molar refractivity (Wildman–Crippen MR) is 83.7 cm³/mol. The van der Waals surface area contributed by atoms with E-state index < -0.39 is 0 Å². The number of carbonyl (C=O) groups excluding carboxylic acids is 2. The van der Waals surface area contributed by atoms with Crippen molar-refractivity contribution in [2.45, 2.75) is 33.7 Å². The maximum atomic E-state index is 12.0. The number of hydrogen-bond donors (Lipinski definition) is 2. The van der Waals surface area contributed by atoms with Gasteiger partial charge in [0.25, 0.3) is 0 Å². The minimum atomic E-state index is -0.274. The maximum absolute atomic E-state index is 12.0. The van der Waals surface area contributed by atoms with E-state index >= 15 is 0 Å². The van der Waals surface area contributed by atoms with Gasteiger partial charge in [-0.1, -0.05) is 13.8 Å². The molecule has 0 spiro atoms. The zero-order valence-corrected chi connectivity index (χ0v) is 13.1. The molecule has 0 aliphatic carbocycles. The van der Waals surface area contributed by atoms with Crippen LogP contribution in [0.25, 0.3) is 0 Å². The van der Waals surface area contributed by atoms with Gasteiger partial charge in [-0.05, 0) is 44.0 Å². The number of anilines is 1. The number of Topliss-reactive ketones (excluding diaryl/α,β-unsaturated/α-hetero) is 1. The molecule has 21 heavy (non-hydrogen) atoms. The molecule has 0 radical (unpaired) electrons. The number of carbonyl (C=O) groups is 2. The summed E-state index contributed by atoms with van der Waals surface area (Å²) in [7, 11) is 0. The number of hydrogen-bond acceptors (Lipinski definition) is 3. The minimum absolute atomic E-state index is 0.00240. The lowest BCUT2D eigenvalue weighted by Crippen LogP contribution is -2.44. The van der Waals surface area contributed by atoms with Gasteiger partial charge in [0.15, 0.2) is 5.78 Å². The molecule has 0 heterocycles. The van der Waals surface area contributed by atoms with Crippen LogP contribution in [0.15, 0.2) is 24.3 Å². The van der Waals surface area contributed by atoms with Crippen molar-refractivity contribution >= 4 is 17.5 Å². The summed E-state index contributed by atoms with van der Waals surface area (Å²) in [6.45, 7) is 8.62. The molecular formula is C16H24N2O3. The van der Waals surface area contributed by atoms with Crippen molar-refractivity contribution in [3.8, 4) is 0 Å². The van der Waals surface area contributed by atoms with Crippen molar-refractivity contribution in [2.75, 3.05) is 18.5 Å². The molecule has 1 unspecified atom stereocenters. The molecule has 5 heteroatoms. The van der Waals surface area contributed by atoms with Crippen LogP contribution in [0.2, 0.25) is 0 Å². The molecule has 2 N–H and O–H groups in total. The van der Waals surface area contributed by atoms with Gasteiger partial charge in [-0.25, -0.2) is 4.79 Å². The van der Waals surface area contributed by atoms with E-state index in [9.17, 15) is 9.59 Å². The number of benzene rings is 1. The van der Waals surface area contributed by atoms with Crippen LogP contribution in [0.3, 0.4) is 0 Å². The summed E-state index contributed by atoms with van der Waals surface area (Å²) in [6, 6.07) is 6.49. The smallest absolute Gasteiger partial charge is 0.319 e. The van der Waals surface area contributed by atoms with Gasteiger partial charge in [-0.2, -0.15) is 0 Å². The van der Waals surface area contributed by atoms with E-state index in [4.69, 9.17) is 4.74 Å². The molecule has 2 amide bonds. The molecule has 0 aromatic heterocycles. The zero-order chi connectivity index (χ0) is 15.8. The van der Waals surface area contributed by atoms with Crippen molar-refractivity contribution in [3.05, 3.63) is 29.8 Å². The Kier molecular flexibility index (Phi) is 6.88.